The van der Waals surface area contributed by atoms with Gasteiger partial charge in [0.1, 0.15) is 18.1 Å². The average molecular weight is 309 g/mol. The van der Waals surface area contributed by atoms with E-state index >= 15 is 0 Å². The lowest BCUT2D eigenvalue weighted by Gasteiger charge is -2.36. The number of amides is 1. The summed E-state index contributed by atoms with van der Waals surface area (Å²) in [7, 11) is 3.23. The van der Waals surface area contributed by atoms with Crippen LogP contribution in [-0.4, -0.2) is 43.8 Å². The van der Waals surface area contributed by atoms with Crippen LogP contribution in [0.15, 0.2) is 18.2 Å². The van der Waals surface area contributed by atoms with Crippen LogP contribution in [-0.2, 0) is 16.1 Å². The minimum absolute atomic E-state index is 0.0350. The third-order valence-electron chi connectivity index (χ3n) is 3.36. The summed E-state index contributed by atoms with van der Waals surface area (Å²) in [4.78, 5) is 14.2. The molecule has 0 aromatic heterocycles. The van der Waals surface area contributed by atoms with Gasteiger partial charge in [-0.3, -0.25) is 4.79 Å². The largest absolute Gasteiger partial charge is 0.497 e. The van der Waals surface area contributed by atoms with Crippen molar-refractivity contribution in [2.75, 3.05) is 27.4 Å². The molecule has 5 nitrogen and oxygen atoms in total. The summed E-state index contributed by atoms with van der Waals surface area (Å²) in [6, 6.07) is 5.61. The van der Waals surface area contributed by atoms with Crippen molar-refractivity contribution in [3.63, 3.8) is 0 Å². The Morgan fingerprint density at radius 1 is 1.18 bits per heavy atom. The highest BCUT2D eigenvalue weighted by Crippen LogP contribution is 2.28. The van der Waals surface area contributed by atoms with Crippen molar-refractivity contribution in [2.45, 2.75) is 39.8 Å². The maximum Gasteiger partial charge on any atom is 0.249 e. The van der Waals surface area contributed by atoms with E-state index in [0.717, 1.165) is 11.3 Å². The first-order valence-corrected chi connectivity index (χ1v) is 7.42. The molecule has 1 aromatic carbocycles. The number of hydrogen-bond acceptors (Lipinski definition) is 4. The van der Waals surface area contributed by atoms with Crippen LogP contribution in [0.3, 0.4) is 0 Å². The highest BCUT2D eigenvalue weighted by molar-refractivity contribution is 5.78. The van der Waals surface area contributed by atoms with Crippen LogP contribution in [0.25, 0.3) is 0 Å². The second-order valence-electron chi connectivity index (χ2n) is 5.97. The van der Waals surface area contributed by atoms with Crippen molar-refractivity contribution in [3.8, 4) is 11.5 Å². The lowest BCUT2D eigenvalue weighted by atomic mass is 10.0. The number of rotatable bonds is 7. The lowest BCUT2D eigenvalue weighted by Crippen LogP contribution is -2.46. The number of hydrogen-bond donors (Lipinski definition) is 0. The molecule has 1 rings (SSSR count). The van der Waals surface area contributed by atoms with Gasteiger partial charge in [-0.2, -0.15) is 0 Å². The van der Waals surface area contributed by atoms with E-state index in [1.807, 2.05) is 45.9 Å². The van der Waals surface area contributed by atoms with Crippen LogP contribution in [0.4, 0.5) is 0 Å². The Morgan fingerprint density at radius 3 is 2.36 bits per heavy atom. The fourth-order valence-corrected chi connectivity index (χ4v) is 2.12. The van der Waals surface area contributed by atoms with Crippen molar-refractivity contribution < 1.29 is 19.0 Å². The molecule has 22 heavy (non-hydrogen) atoms. The summed E-state index contributed by atoms with van der Waals surface area (Å²) >= 11 is 0. The summed E-state index contributed by atoms with van der Waals surface area (Å²) in [6.07, 6.45) is 0. The van der Waals surface area contributed by atoms with Crippen molar-refractivity contribution >= 4 is 5.91 Å². The third kappa shape index (κ3) is 4.91. The highest BCUT2D eigenvalue weighted by Gasteiger charge is 2.27. The molecule has 0 bridgehead atoms. The van der Waals surface area contributed by atoms with E-state index in [2.05, 4.69) is 0 Å². The number of carbonyl (C=O) groups is 1. The molecule has 0 atom stereocenters. The monoisotopic (exact) mass is 309 g/mol. The Morgan fingerprint density at radius 2 is 1.86 bits per heavy atom. The van der Waals surface area contributed by atoms with Crippen LogP contribution in [0.5, 0.6) is 11.5 Å². The minimum atomic E-state index is -0.306. The van der Waals surface area contributed by atoms with Crippen LogP contribution in [0, 0.1) is 0 Å². The molecular formula is C17H27NO4. The molecule has 0 saturated heterocycles. The topological polar surface area (TPSA) is 48.0 Å². The van der Waals surface area contributed by atoms with Gasteiger partial charge < -0.3 is 19.1 Å². The van der Waals surface area contributed by atoms with Gasteiger partial charge in [0.05, 0.1) is 14.2 Å². The summed E-state index contributed by atoms with van der Waals surface area (Å²) in [5.74, 6) is 1.40. The van der Waals surface area contributed by atoms with Gasteiger partial charge in [0, 0.05) is 30.3 Å². The molecule has 5 heteroatoms. The molecule has 0 radical (unpaired) electrons. The SMILES string of the molecule is CCOCC(=O)N(Cc1ccc(OC)cc1OC)C(C)(C)C. The molecular weight excluding hydrogens is 282 g/mol. The predicted octanol–water partition coefficient (Wildman–Crippen LogP) is 2.87. The molecule has 0 aliphatic carbocycles. The number of benzene rings is 1. The van der Waals surface area contributed by atoms with Crippen LogP contribution in [0.2, 0.25) is 0 Å². The summed E-state index contributed by atoms with van der Waals surface area (Å²) in [5, 5.41) is 0. The predicted molar refractivity (Wildman–Crippen MR) is 86.3 cm³/mol. The van der Waals surface area contributed by atoms with Gasteiger partial charge in [0.15, 0.2) is 0 Å². The molecule has 1 aromatic rings. The second-order valence-corrected chi connectivity index (χ2v) is 5.97. The Kier molecular flexibility index (Phi) is 6.68. The summed E-state index contributed by atoms with van der Waals surface area (Å²) in [6.45, 7) is 8.97. The lowest BCUT2D eigenvalue weighted by molar-refractivity contribution is -0.141. The van der Waals surface area contributed by atoms with Gasteiger partial charge in [-0.1, -0.05) is 0 Å². The van der Waals surface area contributed by atoms with Crippen molar-refractivity contribution in [1.29, 1.82) is 0 Å². The van der Waals surface area contributed by atoms with Crippen molar-refractivity contribution in [3.05, 3.63) is 23.8 Å². The molecule has 0 saturated carbocycles. The summed E-state index contributed by atoms with van der Waals surface area (Å²) < 4.78 is 15.9. The van der Waals surface area contributed by atoms with Crippen LogP contribution < -0.4 is 9.47 Å². The van der Waals surface area contributed by atoms with Crippen molar-refractivity contribution in [1.82, 2.24) is 4.90 Å². The zero-order chi connectivity index (χ0) is 16.8. The average Bonchev–Trinajstić information content (AvgIpc) is 2.48. The Bertz CT molecular complexity index is 494. The standard InChI is InChI=1S/C17H27NO4/c1-7-22-12-16(19)18(17(2,3)4)11-13-8-9-14(20-5)10-15(13)21-6/h8-10H,7,11-12H2,1-6H3. The zero-order valence-corrected chi connectivity index (χ0v) is 14.4. The smallest absolute Gasteiger partial charge is 0.249 e. The van der Waals surface area contributed by atoms with E-state index in [0.29, 0.717) is 18.9 Å². The third-order valence-corrected chi connectivity index (χ3v) is 3.36. The quantitative estimate of drug-likeness (QED) is 0.777. The molecule has 0 fully saturated rings. The van der Waals surface area contributed by atoms with E-state index in [1.54, 1.807) is 19.1 Å². The highest BCUT2D eigenvalue weighted by atomic mass is 16.5. The molecule has 124 valence electrons. The molecule has 1 amide bonds. The maximum atomic E-state index is 12.4. The number of carbonyl (C=O) groups excluding carboxylic acids is 1. The Balaban J connectivity index is 3.01. The summed E-state index contributed by atoms with van der Waals surface area (Å²) in [5.41, 5.74) is 0.627. The minimum Gasteiger partial charge on any atom is -0.497 e. The van der Waals surface area contributed by atoms with Crippen LogP contribution in [0.1, 0.15) is 33.3 Å². The molecule has 0 heterocycles. The first kappa shape index (κ1) is 18.3. The fourth-order valence-electron chi connectivity index (χ4n) is 2.12. The van der Waals surface area contributed by atoms with Crippen LogP contribution >= 0.6 is 0 Å². The van der Waals surface area contributed by atoms with Gasteiger partial charge in [0.2, 0.25) is 5.91 Å². The molecule has 0 unspecified atom stereocenters. The Hall–Kier alpha value is -1.75. The maximum absolute atomic E-state index is 12.4. The van der Waals surface area contributed by atoms with Gasteiger partial charge in [-0.25, -0.2) is 0 Å². The fraction of sp³-hybridized carbons (Fsp3) is 0.588. The van der Waals surface area contributed by atoms with Gasteiger partial charge in [-0.05, 0) is 39.8 Å². The second kappa shape index (κ2) is 8.03. The number of methoxy groups -OCH3 is 2. The van der Waals surface area contributed by atoms with E-state index in [-0.39, 0.29) is 18.1 Å². The first-order valence-electron chi connectivity index (χ1n) is 7.42. The van der Waals surface area contributed by atoms with Gasteiger partial charge >= 0.3 is 0 Å². The van der Waals surface area contributed by atoms with E-state index in [9.17, 15) is 4.79 Å². The van der Waals surface area contributed by atoms with E-state index in [1.165, 1.54) is 0 Å². The molecule has 0 aliphatic heterocycles. The zero-order valence-electron chi connectivity index (χ0n) is 14.4. The van der Waals surface area contributed by atoms with E-state index in [4.69, 9.17) is 14.2 Å². The first-order chi connectivity index (χ1) is 10.3. The van der Waals surface area contributed by atoms with Crippen molar-refractivity contribution in [2.24, 2.45) is 0 Å². The number of ether oxygens (including phenoxy) is 3. The van der Waals surface area contributed by atoms with E-state index < -0.39 is 0 Å². The van der Waals surface area contributed by atoms with Gasteiger partial charge in [-0.15, -0.1) is 0 Å². The Labute approximate surface area is 133 Å². The molecule has 0 aliphatic rings. The number of nitrogens with zero attached hydrogens (tertiary/aromatic N) is 1. The molecule has 0 spiro atoms. The molecule has 0 N–H and O–H groups in total. The normalized spacial score (nSPS) is 11.2. The van der Waals surface area contributed by atoms with Gasteiger partial charge in [0.25, 0.3) is 0 Å².